The van der Waals surface area contributed by atoms with Gasteiger partial charge in [0, 0.05) is 20.1 Å². The van der Waals surface area contributed by atoms with Gasteiger partial charge in [0.15, 0.2) is 6.61 Å². The predicted molar refractivity (Wildman–Crippen MR) is 124 cm³/mol. The van der Waals surface area contributed by atoms with E-state index >= 15 is 0 Å². The Morgan fingerprint density at radius 3 is 2.50 bits per heavy atom. The monoisotopic (exact) mass is 452 g/mol. The third kappa shape index (κ3) is 12.6. The number of rotatable bonds is 16. The Balaban J connectivity index is 2.53. The van der Waals surface area contributed by atoms with Crippen LogP contribution in [-0.2, 0) is 14.3 Å². The number of benzene rings is 1. The lowest BCUT2D eigenvalue weighted by Gasteiger charge is -2.23. The van der Waals surface area contributed by atoms with Crippen molar-refractivity contribution in [2.45, 2.75) is 64.9 Å². The molecule has 0 aliphatic heterocycles. The van der Waals surface area contributed by atoms with Crippen LogP contribution in [0.25, 0.3) is 0 Å². The summed E-state index contributed by atoms with van der Waals surface area (Å²) >= 11 is 0. The first-order valence-corrected chi connectivity index (χ1v) is 11.4. The number of hydrogen-bond acceptors (Lipinski definition) is 4. The number of halogens is 2. The maximum absolute atomic E-state index is 14.3. The van der Waals surface area contributed by atoms with Crippen molar-refractivity contribution in [3.63, 3.8) is 0 Å². The fourth-order valence-electron chi connectivity index (χ4n) is 3.29. The van der Waals surface area contributed by atoms with Gasteiger partial charge in [0.1, 0.15) is 5.75 Å². The zero-order valence-electron chi connectivity index (χ0n) is 19.8. The van der Waals surface area contributed by atoms with Crippen LogP contribution in [0.15, 0.2) is 54.6 Å². The zero-order chi connectivity index (χ0) is 23.8. The maximum Gasteiger partial charge on any atom is 0.306 e. The molecule has 0 radical (unpaired) electrons. The molecule has 2 unspecified atom stereocenters. The van der Waals surface area contributed by atoms with Gasteiger partial charge in [0.25, 0.3) is 5.92 Å². The number of carbonyl (C=O) groups excluding carboxylic acids is 1. The van der Waals surface area contributed by atoms with E-state index in [1.165, 1.54) is 0 Å². The van der Waals surface area contributed by atoms with Crippen LogP contribution >= 0.6 is 0 Å². The highest BCUT2D eigenvalue weighted by Gasteiger charge is 2.27. The van der Waals surface area contributed by atoms with Crippen LogP contribution in [0.2, 0.25) is 0 Å². The van der Waals surface area contributed by atoms with Gasteiger partial charge in [0.05, 0.1) is 6.10 Å². The average Bonchev–Trinajstić information content (AvgIpc) is 2.75. The Kier molecular flexibility index (Phi) is 13.5. The van der Waals surface area contributed by atoms with Gasteiger partial charge in [-0.3, -0.25) is 4.79 Å². The molecular formula is C26H38F2O4. The number of allylic oxidation sites excluding steroid dienone is 3. The smallest absolute Gasteiger partial charge is 0.306 e. The first kappa shape index (κ1) is 27.8. The quantitative estimate of drug-likeness (QED) is 0.161. The van der Waals surface area contributed by atoms with Gasteiger partial charge in [-0.25, -0.2) is 0 Å². The van der Waals surface area contributed by atoms with Gasteiger partial charge in [-0.2, -0.15) is 8.78 Å². The second-order valence-corrected chi connectivity index (χ2v) is 8.15. The number of methoxy groups -OCH3 is 1. The molecular weight excluding hydrogens is 414 g/mol. The molecule has 0 saturated carbocycles. The fourth-order valence-corrected chi connectivity index (χ4v) is 3.29. The molecule has 4 nitrogen and oxygen atoms in total. The minimum atomic E-state index is -3.05. The van der Waals surface area contributed by atoms with Crippen molar-refractivity contribution in [2.75, 3.05) is 20.3 Å². The predicted octanol–water partition coefficient (Wildman–Crippen LogP) is 6.61. The molecule has 0 aliphatic rings. The second kappa shape index (κ2) is 15.6. The van der Waals surface area contributed by atoms with Crippen LogP contribution < -0.4 is 4.74 Å². The van der Waals surface area contributed by atoms with Gasteiger partial charge < -0.3 is 14.2 Å². The molecule has 1 aromatic rings. The minimum Gasteiger partial charge on any atom is -0.487 e. The van der Waals surface area contributed by atoms with Crippen molar-refractivity contribution in [2.24, 2.45) is 11.8 Å². The molecule has 32 heavy (non-hydrogen) atoms. The number of alkyl halides is 2. The summed E-state index contributed by atoms with van der Waals surface area (Å²) in [7, 11) is 1.62. The average molecular weight is 453 g/mol. The number of hydrogen-bond donors (Lipinski definition) is 0. The van der Waals surface area contributed by atoms with Crippen LogP contribution in [-0.4, -0.2) is 38.3 Å². The molecule has 0 aromatic heterocycles. The molecule has 1 rings (SSSR count). The van der Waals surface area contributed by atoms with Crippen LogP contribution in [0.3, 0.4) is 0 Å². The largest absolute Gasteiger partial charge is 0.487 e. The second-order valence-electron chi connectivity index (χ2n) is 8.15. The summed E-state index contributed by atoms with van der Waals surface area (Å²) in [4.78, 5) is 11.5. The fraction of sp³-hybridized carbons (Fsp3) is 0.577. The van der Waals surface area contributed by atoms with Crippen LogP contribution in [0, 0.1) is 11.8 Å². The lowest BCUT2D eigenvalue weighted by molar-refractivity contribution is -0.147. The van der Waals surface area contributed by atoms with E-state index in [1.54, 1.807) is 37.5 Å². The van der Waals surface area contributed by atoms with E-state index in [4.69, 9.17) is 14.2 Å². The summed E-state index contributed by atoms with van der Waals surface area (Å²) in [5.41, 5.74) is 0. The summed E-state index contributed by atoms with van der Waals surface area (Å²) < 4.78 is 44.2. The summed E-state index contributed by atoms with van der Waals surface area (Å²) in [5.74, 6) is -2.76. The minimum absolute atomic E-state index is 0.0387. The summed E-state index contributed by atoms with van der Waals surface area (Å²) in [5, 5.41) is 0. The van der Waals surface area contributed by atoms with E-state index in [0.29, 0.717) is 18.8 Å². The number of unbranched alkanes of at least 4 members (excludes halogenated alkanes) is 1. The summed E-state index contributed by atoms with van der Waals surface area (Å²) in [6.07, 6.45) is 9.87. The Hall–Kier alpha value is -2.21. The van der Waals surface area contributed by atoms with E-state index in [2.05, 4.69) is 0 Å². The number of carbonyl (C=O) groups is 1. The van der Waals surface area contributed by atoms with Gasteiger partial charge in [0.2, 0.25) is 0 Å². The van der Waals surface area contributed by atoms with E-state index in [1.807, 2.05) is 39.0 Å². The summed E-state index contributed by atoms with van der Waals surface area (Å²) in [6.45, 7) is 5.44. The number of ether oxygens (including phenoxy) is 3. The van der Waals surface area contributed by atoms with Crippen LogP contribution in [0.1, 0.15) is 52.9 Å². The van der Waals surface area contributed by atoms with E-state index in [-0.39, 0.29) is 23.9 Å². The first-order chi connectivity index (χ1) is 15.3. The third-order valence-electron chi connectivity index (χ3n) is 4.94. The van der Waals surface area contributed by atoms with Gasteiger partial charge in [-0.05, 0) is 69.6 Å². The Labute approximate surface area is 191 Å². The standard InChI is InChI=1S/C26H38F2O4/c1-5-22(17-18-26(27,28)20-31-24-14-10-8-11-15-24)23(19-30-4)13-9-6-7-12-16-25(29)32-21(2)3/h6,8-11,14-15,17-18,21-23H,5,7,12-13,16,19-20H2,1-4H3. The maximum atomic E-state index is 14.3. The molecule has 0 heterocycles. The number of esters is 1. The highest BCUT2D eigenvalue weighted by molar-refractivity contribution is 5.69. The summed E-state index contributed by atoms with van der Waals surface area (Å²) in [6, 6.07) is 8.61. The Bertz CT molecular complexity index is 686. The zero-order valence-corrected chi connectivity index (χ0v) is 19.8. The molecule has 0 saturated heterocycles. The van der Waals surface area contributed by atoms with Crippen LogP contribution in [0.5, 0.6) is 5.75 Å². The van der Waals surface area contributed by atoms with Crippen molar-refractivity contribution in [1.29, 1.82) is 0 Å². The highest BCUT2D eigenvalue weighted by atomic mass is 19.3. The normalized spacial score (nSPS) is 14.2. The lowest BCUT2D eigenvalue weighted by atomic mass is 9.87. The van der Waals surface area contributed by atoms with E-state index < -0.39 is 12.5 Å². The molecule has 0 amide bonds. The van der Waals surface area contributed by atoms with Gasteiger partial charge >= 0.3 is 5.97 Å². The van der Waals surface area contributed by atoms with Crippen molar-refractivity contribution in [1.82, 2.24) is 0 Å². The molecule has 2 atom stereocenters. The van der Waals surface area contributed by atoms with Crippen LogP contribution in [0.4, 0.5) is 8.78 Å². The van der Waals surface area contributed by atoms with E-state index in [9.17, 15) is 13.6 Å². The molecule has 0 spiro atoms. The van der Waals surface area contributed by atoms with Crippen molar-refractivity contribution < 1.29 is 27.8 Å². The Morgan fingerprint density at radius 2 is 1.88 bits per heavy atom. The van der Waals surface area contributed by atoms with Crippen molar-refractivity contribution in [3.8, 4) is 5.75 Å². The van der Waals surface area contributed by atoms with Crippen molar-refractivity contribution >= 4 is 5.97 Å². The van der Waals surface area contributed by atoms with Crippen molar-refractivity contribution in [3.05, 3.63) is 54.6 Å². The molecule has 0 fully saturated rings. The molecule has 6 heteroatoms. The molecule has 1 aromatic carbocycles. The first-order valence-electron chi connectivity index (χ1n) is 11.4. The third-order valence-corrected chi connectivity index (χ3v) is 4.94. The van der Waals surface area contributed by atoms with Gasteiger partial charge in [-0.1, -0.05) is 43.4 Å². The number of para-hydroxylation sites is 1. The highest BCUT2D eigenvalue weighted by Crippen LogP contribution is 2.26. The van der Waals surface area contributed by atoms with E-state index in [0.717, 1.165) is 31.8 Å². The molecule has 0 N–H and O–H groups in total. The molecule has 180 valence electrons. The van der Waals surface area contributed by atoms with Gasteiger partial charge in [-0.15, -0.1) is 0 Å². The Morgan fingerprint density at radius 1 is 1.16 bits per heavy atom. The SMILES string of the molecule is CCC(C=CC(F)(F)COc1ccccc1)C(CC=CCCCC(=O)OC(C)C)COC. The topological polar surface area (TPSA) is 44.8 Å². The molecule has 0 aliphatic carbocycles. The lowest BCUT2D eigenvalue weighted by Crippen LogP contribution is -2.24. The molecule has 0 bridgehead atoms.